The third-order valence-electron chi connectivity index (χ3n) is 3.35. The van der Waals surface area contributed by atoms with E-state index in [0.717, 1.165) is 32.5 Å². The van der Waals surface area contributed by atoms with Gasteiger partial charge in [-0.2, -0.15) is 5.10 Å². The lowest BCUT2D eigenvalue weighted by molar-refractivity contribution is 0.255. The van der Waals surface area contributed by atoms with Crippen LogP contribution in [0.15, 0.2) is 0 Å². The molecular formula is C12H24N4OS. The third-order valence-corrected chi connectivity index (χ3v) is 3.64. The minimum Gasteiger partial charge on any atom is -0.388 e. The molecule has 1 unspecified atom stereocenters. The number of H-pyrrole nitrogens is 1. The Balaban J connectivity index is 2.52. The van der Waals surface area contributed by atoms with Crippen molar-refractivity contribution in [3.63, 3.8) is 0 Å². The van der Waals surface area contributed by atoms with Crippen molar-refractivity contribution in [2.24, 2.45) is 0 Å². The van der Waals surface area contributed by atoms with Crippen LogP contribution in [-0.2, 0) is 6.61 Å². The van der Waals surface area contributed by atoms with Crippen LogP contribution < -0.4 is 0 Å². The van der Waals surface area contributed by atoms with Crippen molar-refractivity contribution >= 4 is 12.2 Å². The molecule has 104 valence electrons. The zero-order valence-corrected chi connectivity index (χ0v) is 12.3. The van der Waals surface area contributed by atoms with Gasteiger partial charge >= 0.3 is 0 Å². The van der Waals surface area contributed by atoms with Gasteiger partial charge < -0.3 is 10.0 Å². The molecule has 1 aromatic heterocycles. The fourth-order valence-corrected chi connectivity index (χ4v) is 2.51. The summed E-state index contributed by atoms with van der Waals surface area (Å²) >= 11 is 5.19. The lowest BCUT2D eigenvalue weighted by atomic mass is 10.1. The van der Waals surface area contributed by atoms with Crippen LogP contribution in [0.5, 0.6) is 0 Å². The standard InChI is InChI=1S/C12H24N4OS/c1-4-15(5-2)8-6-7-10(3)16-11(9-17)13-14-12(16)18/h10,17H,4-9H2,1-3H3,(H,14,18). The van der Waals surface area contributed by atoms with Crippen LogP contribution in [0.1, 0.15) is 45.5 Å². The molecule has 0 aromatic carbocycles. The minimum absolute atomic E-state index is 0.0759. The van der Waals surface area contributed by atoms with Crippen molar-refractivity contribution in [2.75, 3.05) is 19.6 Å². The van der Waals surface area contributed by atoms with Crippen molar-refractivity contribution in [2.45, 2.75) is 46.3 Å². The summed E-state index contributed by atoms with van der Waals surface area (Å²) in [6, 6.07) is 0.272. The maximum Gasteiger partial charge on any atom is 0.195 e. The molecule has 0 fully saturated rings. The number of nitrogens with one attached hydrogen (secondary N) is 1. The molecule has 0 radical (unpaired) electrons. The van der Waals surface area contributed by atoms with Crippen LogP contribution in [0.3, 0.4) is 0 Å². The van der Waals surface area contributed by atoms with E-state index < -0.39 is 0 Å². The van der Waals surface area contributed by atoms with Crippen LogP contribution in [0.4, 0.5) is 0 Å². The Bertz CT molecular complexity index is 397. The predicted octanol–water partition coefficient (Wildman–Crippen LogP) is 2.12. The van der Waals surface area contributed by atoms with Crippen molar-refractivity contribution in [3.05, 3.63) is 10.6 Å². The molecule has 18 heavy (non-hydrogen) atoms. The van der Waals surface area contributed by atoms with Gasteiger partial charge in [0.2, 0.25) is 0 Å². The van der Waals surface area contributed by atoms with E-state index in [1.54, 1.807) is 0 Å². The molecular weight excluding hydrogens is 248 g/mol. The molecule has 1 aromatic rings. The van der Waals surface area contributed by atoms with E-state index >= 15 is 0 Å². The van der Waals surface area contributed by atoms with E-state index in [1.165, 1.54) is 0 Å². The predicted molar refractivity (Wildman–Crippen MR) is 75.1 cm³/mol. The van der Waals surface area contributed by atoms with Gasteiger partial charge in [-0.05, 0) is 51.6 Å². The highest BCUT2D eigenvalue weighted by molar-refractivity contribution is 7.71. The lowest BCUT2D eigenvalue weighted by Gasteiger charge is -2.20. The average molecular weight is 272 g/mol. The van der Waals surface area contributed by atoms with Crippen LogP contribution in [-0.4, -0.2) is 44.4 Å². The lowest BCUT2D eigenvalue weighted by Crippen LogP contribution is -2.24. The number of rotatable bonds is 8. The van der Waals surface area contributed by atoms with Crippen LogP contribution >= 0.6 is 12.2 Å². The third kappa shape index (κ3) is 3.90. The second kappa shape index (κ2) is 7.66. The molecule has 2 N–H and O–H groups in total. The summed E-state index contributed by atoms with van der Waals surface area (Å²) in [4.78, 5) is 2.41. The number of nitrogens with zero attached hydrogens (tertiary/aromatic N) is 3. The van der Waals surface area contributed by atoms with Gasteiger partial charge in [0.05, 0.1) is 0 Å². The quantitative estimate of drug-likeness (QED) is 0.712. The summed E-state index contributed by atoms with van der Waals surface area (Å²) in [5, 5.41) is 16.0. The van der Waals surface area contributed by atoms with Crippen molar-refractivity contribution in [1.29, 1.82) is 0 Å². The number of aliphatic hydroxyl groups is 1. The smallest absolute Gasteiger partial charge is 0.195 e. The molecule has 1 atom stereocenters. The van der Waals surface area contributed by atoms with E-state index in [9.17, 15) is 5.11 Å². The minimum atomic E-state index is -0.0759. The highest BCUT2D eigenvalue weighted by atomic mass is 32.1. The summed E-state index contributed by atoms with van der Waals surface area (Å²) in [6.45, 7) is 9.71. The molecule has 0 saturated carbocycles. The summed E-state index contributed by atoms with van der Waals surface area (Å²) < 4.78 is 2.51. The maximum atomic E-state index is 9.21. The topological polar surface area (TPSA) is 57.1 Å². The number of aromatic nitrogens is 3. The maximum absolute atomic E-state index is 9.21. The molecule has 0 amide bonds. The van der Waals surface area contributed by atoms with Gasteiger partial charge in [-0.3, -0.25) is 9.67 Å². The Kier molecular flexibility index (Phi) is 6.52. The van der Waals surface area contributed by atoms with Crippen LogP contribution in [0, 0.1) is 4.77 Å². The fraction of sp³-hybridized carbons (Fsp3) is 0.833. The molecule has 0 bridgehead atoms. The second-order valence-corrected chi connectivity index (χ2v) is 4.88. The summed E-state index contributed by atoms with van der Waals surface area (Å²) in [7, 11) is 0. The van der Waals surface area contributed by atoms with Crippen molar-refractivity contribution < 1.29 is 5.11 Å². The van der Waals surface area contributed by atoms with E-state index in [1.807, 2.05) is 4.57 Å². The number of hydrogen-bond donors (Lipinski definition) is 2. The Morgan fingerprint density at radius 2 is 2.11 bits per heavy atom. The molecule has 6 heteroatoms. The van der Waals surface area contributed by atoms with Gasteiger partial charge in [0.1, 0.15) is 6.61 Å². The largest absolute Gasteiger partial charge is 0.388 e. The van der Waals surface area contributed by atoms with E-state index in [-0.39, 0.29) is 12.6 Å². The molecule has 0 saturated heterocycles. The van der Waals surface area contributed by atoms with E-state index in [4.69, 9.17) is 12.2 Å². The Morgan fingerprint density at radius 1 is 1.44 bits per heavy atom. The summed E-state index contributed by atoms with van der Waals surface area (Å²) in [5.41, 5.74) is 0. The molecule has 0 aliphatic heterocycles. The normalized spacial score (nSPS) is 13.2. The monoisotopic (exact) mass is 272 g/mol. The van der Waals surface area contributed by atoms with Gasteiger partial charge in [-0.15, -0.1) is 0 Å². The van der Waals surface area contributed by atoms with Crippen LogP contribution in [0.25, 0.3) is 0 Å². The first kappa shape index (κ1) is 15.3. The van der Waals surface area contributed by atoms with E-state index in [0.29, 0.717) is 10.6 Å². The number of aliphatic hydroxyl groups excluding tert-OH is 1. The second-order valence-electron chi connectivity index (χ2n) is 4.49. The molecule has 1 rings (SSSR count). The molecule has 1 heterocycles. The van der Waals surface area contributed by atoms with Gasteiger partial charge in [-0.1, -0.05) is 13.8 Å². The Morgan fingerprint density at radius 3 is 2.67 bits per heavy atom. The average Bonchev–Trinajstić information content (AvgIpc) is 2.75. The molecule has 5 nitrogen and oxygen atoms in total. The Hall–Kier alpha value is -0.720. The highest BCUT2D eigenvalue weighted by Gasteiger charge is 2.12. The highest BCUT2D eigenvalue weighted by Crippen LogP contribution is 2.16. The fourth-order valence-electron chi connectivity index (χ4n) is 2.18. The Labute approximate surface area is 114 Å². The summed E-state index contributed by atoms with van der Waals surface area (Å²) in [5.74, 6) is 0.621. The SMILES string of the molecule is CCN(CC)CCCC(C)n1c(CO)n[nH]c1=S. The number of aromatic amines is 1. The summed E-state index contributed by atoms with van der Waals surface area (Å²) in [6.07, 6.45) is 2.16. The van der Waals surface area contributed by atoms with Gasteiger partial charge in [-0.25, -0.2) is 0 Å². The van der Waals surface area contributed by atoms with E-state index in [2.05, 4.69) is 35.9 Å². The first-order chi connectivity index (χ1) is 8.63. The zero-order valence-electron chi connectivity index (χ0n) is 11.5. The van der Waals surface area contributed by atoms with Crippen molar-refractivity contribution in [3.8, 4) is 0 Å². The zero-order chi connectivity index (χ0) is 13.5. The molecule has 0 aliphatic rings. The van der Waals surface area contributed by atoms with Gasteiger partial charge in [0.25, 0.3) is 0 Å². The van der Waals surface area contributed by atoms with Gasteiger partial charge in [0, 0.05) is 6.04 Å². The van der Waals surface area contributed by atoms with Gasteiger partial charge in [0.15, 0.2) is 10.6 Å². The first-order valence-electron chi connectivity index (χ1n) is 6.63. The van der Waals surface area contributed by atoms with Crippen LogP contribution in [0.2, 0.25) is 0 Å². The first-order valence-corrected chi connectivity index (χ1v) is 7.03. The molecule has 0 aliphatic carbocycles. The van der Waals surface area contributed by atoms with Crippen molar-refractivity contribution in [1.82, 2.24) is 19.7 Å². The number of hydrogen-bond acceptors (Lipinski definition) is 4. The molecule has 0 spiro atoms.